The quantitative estimate of drug-likeness (QED) is 0.0242. The minimum absolute atomic E-state index is 0.00507. The van der Waals surface area contributed by atoms with E-state index in [4.69, 9.17) is 171 Å². The number of aromatic amines is 4. The molecule has 0 saturated carbocycles. The van der Waals surface area contributed by atoms with Crippen molar-refractivity contribution in [1.82, 2.24) is 87.2 Å². The molecule has 0 radical (unpaired) electrons. The zero-order valence-electron chi connectivity index (χ0n) is 66.0. The molecule has 0 aliphatic carbocycles. The van der Waals surface area contributed by atoms with E-state index in [1.807, 2.05) is 0 Å². The number of nitrogens with zero attached hydrogens (tertiary/aromatic N) is 14. The van der Waals surface area contributed by atoms with Gasteiger partial charge >= 0.3 is 57.4 Å². The topological polar surface area (TPSA) is 681 Å². The van der Waals surface area contributed by atoms with Crippen molar-refractivity contribution in [3.05, 3.63) is 140 Å². The summed E-state index contributed by atoms with van der Waals surface area (Å²) >= 11 is 33.3. The number of nitrogen functional groups attached to an aromatic ring is 3. The number of anilines is 3. The molecule has 9 aromatic rings. The Balaban J connectivity index is 0.644. The molecule has 6 aliphatic heterocycles. The van der Waals surface area contributed by atoms with Crippen molar-refractivity contribution in [2.45, 2.75) is 183 Å². The van der Waals surface area contributed by atoms with E-state index in [1.54, 1.807) is 6.92 Å². The molecule has 0 aromatic carbocycles. The van der Waals surface area contributed by atoms with Crippen LogP contribution >= 0.6 is 40.3 Å². The lowest BCUT2D eigenvalue weighted by Gasteiger charge is -2.28. The van der Waals surface area contributed by atoms with Crippen molar-refractivity contribution in [3.8, 4) is 0 Å². The molecule has 126 heavy (non-hydrogen) atoms. The molecule has 6 fully saturated rings. The van der Waals surface area contributed by atoms with E-state index >= 15 is 0 Å². The van der Waals surface area contributed by atoms with E-state index in [1.165, 1.54) is 89.3 Å². The molecule has 0 bridgehead atoms. The van der Waals surface area contributed by atoms with Crippen molar-refractivity contribution < 1.29 is 112 Å². The molecule has 24 atom stereocenters. The molecule has 9 aromatic heterocycles. The van der Waals surface area contributed by atoms with E-state index in [9.17, 15) is 62.9 Å². The Kier molecular flexibility index (Phi) is 28.4. The number of imidazole rings is 3. The summed E-state index contributed by atoms with van der Waals surface area (Å²) in [5, 5.41) is 0. The number of nitrogens with one attached hydrogen (secondary N) is 4. The summed E-state index contributed by atoms with van der Waals surface area (Å²) in [7, 11) is 1.10. The van der Waals surface area contributed by atoms with Gasteiger partial charge in [0.25, 0.3) is 22.2 Å². The normalized spacial score (nSPS) is 29.4. The Morgan fingerprint density at radius 3 is 0.952 bits per heavy atom. The first kappa shape index (κ1) is 94.5. The van der Waals surface area contributed by atoms with Crippen LogP contribution in [0.1, 0.15) is 106 Å². The minimum Gasteiger partial charge on any atom is -0.382 e. The van der Waals surface area contributed by atoms with Crippen LogP contribution in [0.4, 0.5) is 17.6 Å². The highest BCUT2D eigenvalue weighted by Crippen LogP contribution is 2.58. The molecule has 52 nitrogen and oxygen atoms in total. The van der Waals surface area contributed by atoms with Gasteiger partial charge in [-0.1, -0.05) is 6.92 Å². The fourth-order valence-electron chi connectivity index (χ4n) is 14.8. The number of H-pyrrole nitrogens is 4. The lowest BCUT2D eigenvalue weighted by atomic mass is 10.1. The van der Waals surface area contributed by atoms with Crippen LogP contribution in [-0.4, -0.2) is 230 Å². The maximum Gasteiger partial charge on any atom is 0.330 e. The van der Waals surface area contributed by atoms with Gasteiger partial charge in [-0.15, -0.1) is 0 Å². The number of ether oxygens (including phenoxy) is 6. The molecule has 6 aliphatic rings. The smallest absolute Gasteiger partial charge is 0.330 e. The first-order chi connectivity index (χ1) is 59.5. The van der Waals surface area contributed by atoms with Crippen molar-refractivity contribution >= 4 is 162 Å². The lowest BCUT2D eigenvalue weighted by Crippen LogP contribution is -2.33. The maximum absolute atomic E-state index is 13.5. The molecule has 64 heteroatoms. The summed E-state index contributed by atoms with van der Waals surface area (Å²) in [5.41, 5.74) is 14.1. The summed E-state index contributed by atoms with van der Waals surface area (Å²) < 4.78 is 117. The standard InChI is InChI=1S/C62H81N21O31P6S6/c1-6-29-30(7-41(103-29)78-13-26(2)55(84)75-60(78)88)110-116(92,122)98-18-38-33(10-44(106-38)81-23-70-47-50(63)66-21-68-52(47)81)113-120(96,126)101-19-39-34(11-45(107-39)82-24-71-48-51(64)67-22-69-53(48)82)112-119(95,125)100-17-37-32(9-43(105-37)80-15-28(4)57(86)77-62(80)90)111-117(93,123)102-20-40-35(12-46(108-40)83-25-72-49-54(83)73-59(65)74-58(49)87)114-118(94,124)99-16-36-31(109-115(91,121)97-5)8-42(104-36)79-14-27(3)56(85)76-61(79)89/h13-15,21-25,29-46H,6-12,16-20H2,1-5H3,(H,91,121)(H,92,122)(H,93,123)(H,94,124)(H,95,125)(H,96,126)(H2,63,66,68)(H2,64,67,69)(H,75,84,88)(H,76,85,89)(H,77,86,90)(H3,65,73,74,87)/t29-,30-,31-,32-,33-,34-,35-,36-,37-,38-,39-,40-,41-,42-,43-,44-,45-,46-,115?,116?,117?,118?,119?,120?/m1/s1. The number of rotatable bonds is 35. The Hall–Kier alpha value is -6.17. The fraction of sp³-hybridized carbons (Fsp3) is 0.565. The molecule has 15 heterocycles. The van der Waals surface area contributed by atoms with E-state index < -0.39 is 223 Å². The molecular formula is C62H81N21O31P6S6. The van der Waals surface area contributed by atoms with E-state index in [2.05, 4.69) is 59.8 Å². The Morgan fingerprint density at radius 1 is 0.381 bits per heavy atom. The van der Waals surface area contributed by atoms with Crippen LogP contribution in [0, 0.1) is 20.8 Å². The number of fused-ring (bicyclic) bond motifs is 3. The summed E-state index contributed by atoms with van der Waals surface area (Å²) in [6, 6.07) is 0. The van der Waals surface area contributed by atoms with Gasteiger partial charge in [0, 0.05) is 80.9 Å². The Labute approximate surface area is 737 Å². The average molecular weight is 1990 g/mol. The Morgan fingerprint density at radius 2 is 0.651 bits per heavy atom. The predicted molar refractivity (Wildman–Crippen MR) is 457 cm³/mol. The van der Waals surface area contributed by atoms with Crippen LogP contribution < -0.4 is 56.5 Å². The van der Waals surface area contributed by atoms with Crippen molar-refractivity contribution in [2.75, 3.05) is 57.3 Å². The van der Waals surface area contributed by atoms with Gasteiger partial charge in [0.1, 0.15) is 91.6 Å². The van der Waals surface area contributed by atoms with Crippen molar-refractivity contribution in [1.29, 1.82) is 0 Å². The number of nitrogens with two attached hydrogens (primary N) is 3. The average Bonchev–Trinajstić information content (AvgIpc) is 1.63. The third kappa shape index (κ3) is 21.4. The largest absolute Gasteiger partial charge is 0.382 e. The minimum atomic E-state index is -4.69. The highest BCUT2D eigenvalue weighted by molar-refractivity contribution is 8.08. The van der Waals surface area contributed by atoms with Crippen molar-refractivity contribution in [3.63, 3.8) is 0 Å². The molecular weight excluding hydrogens is 1910 g/mol. The summed E-state index contributed by atoms with van der Waals surface area (Å²) in [6.45, 7) is -23.9. The van der Waals surface area contributed by atoms with Crippen LogP contribution in [-0.2, 0) is 154 Å². The van der Waals surface area contributed by atoms with Gasteiger partial charge in [-0.2, -0.15) is 4.98 Å². The van der Waals surface area contributed by atoms with Gasteiger partial charge in [0.15, 0.2) is 34.1 Å². The molecule has 6 saturated heterocycles. The number of aromatic nitrogens is 18. The van der Waals surface area contributed by atoms with Crippen LogP contribution in [0.5, 0.6) is 0 Å². The second-order valence-electron chi connectivity index (χ2n) is 29.3. The third-order valence-electron chi connectivity index (χ3n) is 20.9. The first-order valence-electron chi connectivity index (χ1n) is 37.8. The van der Waals surface area contributed by atoms with Crippen LogP contribution in [0.2, 0.25) is 0 Å². The van der Waals surface area contributed by atoms with Crippen LogP contribution in [0.15, 0.2) is 83.8 Å². The van der Waals surface area contributed by atoms with Gasteiger partial charge in [0.2, 0.25) is 5.95 Å². The maximum atomic E-state index is 13.5. The van der Waals surface area contributed by atoms with E-state index in [-0.39, 0.29) is 106 Å². The van der Waals surface area contributed by atoms with Crippen LogP contribution in [0.25, 0.3) is 33.5 Å². The monoisotopic (exact) mass is 1990 g/mol. The SMILES string of the molecule is CC[C@H]1O[C@@H](n2cc(C)c(=O)[nH]c2=O)C[C@H]1OP(O)(=S)OC[C@H]1O[C@@H](n2cnc3c(N)ncnc32)C[C@H]1OP(O)(=S)OC[C@H]1O[C@@H](n2cnc3c(N)ncnc32)C[C@H]1OP(O)(=S)OC[C@H]1O[C@@H](n2cc(C)c(=O)[nH]c2=O)C[C@H]1OP(O)(=S)OC[C@H]1O[C@@H](n2cnc3c(=O)[nH]c(N)nc32)C[C@H]1OP(O)(=S)OC[C@H]1O[C@@H](n2cc(C)c(=O)[nH]c2=O)C[C@H]1OP(O)(=S)OC. The van der Waals surface area contributed by atoms with E-state index in [0.717, 1.165) is 16.2 Å². The van der Waals surface area contributed by atoms with Gasteiger partial charge < -0.3 is 129 Å². The zero-order chi connectivity index (χ0) is 90.2. The third-order valence-corrected chi connectivity index (χ3v) is 30.5. The molecule has 686 valence electrons. The Bertz CT molecular complexity index is 6400. The molecule has 0 amide bonds. The van der Waals surface area contributed by atoms with Gasteiger partial charge in [-0.25, -0.2) is 49.3 Å². The van der Waals surface area contributed by atoms with Crippen LogP contribution in [0.3, 0.4) is 0 Å². The highest BCUT2D eigenvalue weighted by Gasteiger charge is 2.50. The predicted octanol–water partition coefficient (Wildman–Crippen LogP) is 0.598. The molecule has 15 rings (SSSR count). The second-order valence-corrected chi connectivity index (χ2v) is 46.2. The highest BCUT2D eigenvalue weighted by atomic mass is 32.5. The lowest BCUT2D eigenvalue weighted by molar-refractivity contribution is -0.0565. The van der Waals surface area contributed by atoms with Gasteiger partial charge in [0.05, 0.1) is 94.7 Å². The fourth-order valence-corrected chi connectivity index (χ4v) is 23.1. The summed E-state index contributed by atoms with van der Waals surface area (Å²) in [6.07, 6.45) is -12.5. The second kappa shape index (κ2) is 37.8. The van der Waals surface area contributed by atoms with Crippen molar-refractivity contribution in [2.24, 2.45) is 0 Å². The van der Waals surface area contributed by atoms with Gasteiger partial charge in [-0.05, 0) is 98.0 Å². The van der Waals surface area contributed by atoms with Gasteiger partial charge in [-0.3, -0.25) is 66.5 Å². The number of hydrogen-bond donors (Lipinski definition) is 13. The summed E-state index contributed by atoms with van der Waals surface area (Å²) in [4.78, 5) is 203. The molecule has 0 spiro atoms. The zero-order valence-corrected chi connectivity index (χ0v) is 76.3. The molecule has 6 unspecified atom stereocenters. The number of hydrogen-bond acceptors (Lipinski definition) is 42. The van der Waals surface area contributed by atoms with E-state index in [0.29, 0.717) is 6.42 Å². The first-order valence-corrected chi connectivity index (χ1v) is 53.4. The summed E-state index contributed by atoms with van der Waals surface area (Å²) in [5.74, 6) is -0.234. The molecule has 16 N–H and O–H groups in total. The number of aryl methyl sites for hydroxylation is 3.